The van der Waals surface area contributed by atoms with Gasteiger partial charge in [0, 0.05) is 11.1 Å². The van der Waals surface area contributed by atoms with Gasteiger partial charge in [-0.25, -0.2) is 0 Å². The van der Waals surface area contributed by atoms with Crippen molar-refractivity contribution in [3.05, 3.63) is 71.8 Å². The summed E-state index contributed by atoms with van der Waals surface area (Å²) in [7, 11) is 0. The third-order valence-electron chi connectivity index (χ3n) is 3.72. The quantitative estimate of drug-likeness (QED) is 0.345. The number of aliphatic imine (C=N–C) groups is 2. The Morgan fingerprint density at radius 1 is 0.654 bits per heavy atom. The van der Waals surface area contributed by atoms with Gasteiger partial charge >= 0.3 is 0 Å². The van der Waals surface area contributed by atoms with Crippen LogP contribution in [0.15, 0.2) is 81.0 Å². The molecule has 134 valence electrons. The molecule has 0 heterocycles. The lowest BCUT2D eigenvalue weighted by Gasteiger charge is -2.07. The highest BCUT2D eigenvalue weighted by Gasteiger charge is 2.09. The van der Waals surface area contributed by atoms with Crippen molar-refractivity contribution in [1.29, 1.82) is 0 Å². The molecule has 2 aromatic rings. The third-order valence-corrected chi connectivity index (χ3v) is 3.72. The minimum Gasteiger partial charge on any atom is -0.411 e. The summed E-state index contributed by atoms with van der Waals surface area (Å²) in [5.74, 6) is 0. The average molecular weight is 350 g/mol. The molecular weight excluding hydrogens is 328 g/mol. The van der Waals surface area contributed by atoms with Crippen molar-refractivity contribution < 1.29 is 10.4 Å². The van der Waals surface area contributed by atoms with Gasteiger partial charge in [0.2, 0.25) is 0 Å². The first-order valence-electron chi connectivity index (χ1n) is 8.25. The maximum Gasteiger partial charge on any atom is 0.102 e. The van der Waals surface area contributed by atoms with Crippen LogP contribution in [0.25, 0.3) is 0 Å². The summed E-state index contributed by atoms with van der Waals surface area (Å²) in [6.45, 7) is 4.22. The molecule has 0 radical (unpaired) electrons. The van der Waals surface area contributed by atoms with Crippen LogP contribution in [0.4, 0.5) is 0 Å². The van der Waals surface area contributed by atoms with Gasteiger partial charge in [-0.15, -0.1) is 0 Å². The molecule has 0 saturated heterocycles. The van der Waals surface area contributed by atoms with Crippen LogP contribution in [-0.2, 0) is 0 Å². The molecule has 26 heavy (non-hydrogen) atoms. The van der Waals surface area contributed by atoms with Crippen molar-refractivity contribution in [2.75, 3.05) is 13.1 Å². The predicted octanol–water partition coefficient (Wildman–Crippen LogP) is 3.67. The van der Waals surface area contributed by atoms with Gasteiger partial charge in [0.25, 0.3) is 0 Å². The fraction of sp³-hybridized carbons (Fsp3) is 0.200. The number of hydrogen-bond donors (Lipinski definition) is 2. The highest BCUT2D eigenvalue weighted by molar-refractivity contribution is 6.48. The molecule has 6 heteroatoms. The van der Waals surface area contributed by atoms with Crippen LogP contribution in [0.3, 0.4) is 0 Å². The van der Waals surface area contributed by atoms with Crippen molar-refractivity contribution in [3.8, 4) is 0 Å². The summed E-state index contributed by atoms with van der Waals surface area (Å²) in [6, 6.07) is 19.1. The molecule has 6 nitrogen and oxygen atoms in total. The number of nitrogens with zero attached hydrogens (tertiary/aromatic N) is 4. The Morgan fingerprint density at radius 3 is 1.31 bits per heavy atom. The van der Waals surface area contributed by atoms with E-state index in [1.54, 1.807) is 13.8 Å². The molecule has 0 amide bonds. The molecule has 0 spiro atoms. The summed E-state index contributed by atoms with van der Waals surface area (Å²) in [5, 5.41) is 24.7. The fourth-order valence-corrected chi connectivity index (χ4v) is 2.44. The van der Waals surface area contributed by atoms with Gasteiger partial charge in [-0.2, -0.15) is 0 Å². The standard InChI is InChI=1S/C20H22N4O2/c1-15(23-25)19(17-9-5-3-6-10-17)21-13-14-22-20(16(2)24-26)18-11-7-4-8-12-18/h3-12,25-26H,13-14H2,1-2H3/b21-19?,22-20?,23-15-,24-16+. The molecule has 2 N–H and O–H groups in total. The van der Waals surface area contributed by atoms with Gasteiger partial charge in [-0.1, -0.05) is 71.0 Å². The van der Waals surface area contributed by atoms with E-state index < -0.39 is 0 Å². The lowest BCUT2D eigenvalue weighted by atomic mass is 10.1. The zero-order chi connectivity index (χ0) is 18.8. The number of benzene rings is 2. The van der Waals surface area contributed by atoms with Crippen LogP contribution in [0.2, 0.25) is 0 Å². The summed E-state index contributed by atoms with van der Waals surface area (Å²) in [4.78, 5) is 9.06. The molecule has 0 aliphatic rings. The van der Waals surface area contributed by atoms with Gasteiger partial charge < -0.3 is 10.4 Å². The Labute approximate surface area is 152 Å². The molecule has 0 atom stereocenters. The number of rotatable bonds is 7. The van der Waals surface area contributed by atoms with E-state index in [4.69, 9.17) is 10.4 Å². The summed E-state index contributed by atoms with van der Waals surface area (Å²) >= 11 is 0. The Morgan fingerprint density at radius 2 is 1.00 bits per heavy atom. The molecule has 0 unspecified atom stereocenters. The molecular formula is C20H22N4O2. The van der Waals surface area contributed by atoms with Crippen molar-refractivity contribution in [2.45, 2.75) is 13.8 Å². The Hall–Kier alpha value is -3.28. The molecule has 2 aromatic carbocycles. The van der Waals surface area contributed by atoms with Crippen LogP contribution < -0.4 is 0 Å². The maximum absolute atomic E-state index is 9.10. The molecule has 0 saturated carbocycles. The van der Waals surface area contributed by atoms with E-state index in [1.807, 2.05) is 60.7 Å². The maximum atomic E-state index is 9.10. The topological polar surface area (TPSA) is 89.9 Å². The van der Waals surface area contributed by atoms with Gasteiger partial charge in [0.05, 0.1) is 24.5 Å². The van der Waals surface area contributed by atoms with E-state index in [0.29, 0.717) is 35.9 Å². The second-order valence-electron chi connectivity index (χ2n) is 5.56. The van der Waals surface area contributed by atoms with E-state index in [0.717, 1.165) is 11.1 Å². The smallest absolute Gasteiger partial charge is 0.102 e. The Balaban J connectivity index is 2.21. The molecule has 0 fully saturated rings. The van der Waals surface area contributed by atoms with E-state index in [1.165, 1.54) is 0 Å². The zero-order valence-corrected chi connectivity index (χ0v) is 14.9. The number of hydrogen-bond acceptors (Lipinski definition) is 6. The second-order valence-corrected chi connectivity index (χ2v) is 5.56. The summed E-state index contributed by atoms with van der Waals surface area (Å²) in [6.07, 6.45) is 0. The summed E-state index contributed by atoms with van der Waals surface area (Å²) < 4.78 is 0. The second kappa shape index (κ2) is 9.88. The van der Waals surface area contributed by atoms with Crippen LogP contribution >= 0.6 is 0 Å². The van der Waals surface area contributed by atoms with Crippen molar-refractivity contribution >= 4 is 22.8 Å². The van der Waals surface area contributed by atoms with E-state index in [9.17, 15) is 0 Å². The van der Waals surface area contributed by atoms with Crippen LogP contribution in [0.5, 0.6) is 0 Å². The minimum absolute atomic E-state index is 0.409. The SMILES string of the molecule is C/C(=N/O)C(=NCCN=C(/C(C)=N/O)c1ccccc1)c1ccccc1. The lowest BCUT2D eigenvalue weighted by molar-refractivity contribution is 0.319. The van der Waals surface area contributed by atoms with Crippen molar-refractivity contribution in [2.24, 2.45) is 20.3 Å². The molecule has 0 aliphatic heterocycles. The van der Waals surface area contributed by atoms with E-state index in [-0.39, 0.29) is 0 Å². The van der Waals surface area contributed by atoms with E-state index >= 15 is 0 Å². The highest BCUT2D eigenvalue weighted by Crippen LogP contribution is 2.05. The molecule has 0 aliphatic carbocycles. The average Bonchev–Trinajstić information content (AvgIpc) is 2.71. The first-order chi connectivity index (χ1) is 12.7. The first-order valence-corrected chi connectivity index (χ1v) is 8.25. The van der Waals surface area contributed by atoms with Crippen LogP contribution in [0, 0.1) is 0 Å². The lowest BCUT2D eigenvalue weighted by Crippen LogP contribution is -2.15. The minimum atomic E-state index is 0.409. The summed E-state index contributed by atoms with van der Waals surface area (Å²) in [5.41, 5.74) is 3.88. The Kier molecular flexibility index (Phi) is 7.24. The molecule has 0 bridgehead atoms. The first kappa shape index (κ1) is 19.1. The Bertz CT molecular complexity index is 754. The fourth-order valence-electron chi connectivity index (χ4n) is 2.44. The van der Waals surface area contributed by atoms with Gasteiger partial charge in [0.1, 0.15) is 11.4 Å². The normalized spacial score (nSPS) is 13.8. The number of oxime groups is 2. The van der Waals surface area contributed by atoms with Gasteiger partial charge in [-0.05, 0) is 13.8 Å². The monoisotopic (exact) mass is 350 g/mol. The van der Waals surface area contributed by atoms with Crippen LogP contribution in [-0.4, -0.2) is 46.4 Å². The predicted molar refractivity (Wildman–Crippen MR) is 105 cm³/mol. The third kappa shape index (κ3) is 5.11. The molecule has 2 rings (SSSR count). The van der Waals surface area contributed by atoms with Gasteiger partial charge in [0.15, 0.2) is 0 Å². The van der Waals surface area contributed by atoms with Gasteiger partial charge in [-0.3, -0.25) is 9.98 Å². The highest BCUT2D eigenvalue weighted by atomic mass is 16.4. The molecule has 0 aromatic heterocycles. The van der Waals surface area contributed by atoms with Crippen LogP contribution in [0.1, 0.15) is 25.0 Å². The largest absolute Gasteiger partial charge is 0.411 e. The zero-order valence-electron chi connectivity index (χ0n) is 14.9. The van der Waals surface area contributed by atoms with Crippen molar-refractivity contribution in [1.82, 2.24) is 0 Å². The van der Waals surface area contributed by atoms with Crippen molar-refractivity contribution in [3.63, 3.8) is 0 Å². The van der Waals surface area contributed by atoms with E-state index in [2.05, 4.69) is 20.3 Å².